The van der Waals surface area contributed by atoms with Crippen molar-refractivity contribution in [1.82, 2.24) is 24.6 Å². The SMILES string of the molecule is Cc1cc(-c2nc(-c3cc(S(=O)(=O)NC4CCN(C)CC4)ccc3C)cnc2N)ccn1. The van der Waals surface area contributed by atoms with E-state index in [1.165, 1.54) is 0 Å². The monoisotopic (exact) mass is 452 g/mol. The molecule has 0 unspecified atom stereocenters. The second kappa shape index (κ2) is 8.93. The molecule has 1 fully saturated rings. The Balaban J connectivity index is 1.68. The number of nitrogens with one attached hydrogen (secondary N) is 1. The maximum atomic E-state index is 13.1. The lowest BCUT2D eigenvalue weighted by Crippen LogP contribution is -2.43. The fraction of sp³-hybridized carbons (Fsp3) is 0.348. The van der Waals surface area contributed by atoms with Gasteiger partial charge in [-0.25, -0.2) is 23.1 Å². The Morgan fingerprint density at radius 2 is 1.84 bits per heavy atom. The predicted molar refractivity (Wildman–Crippen MR) is 125 cm³/mol. The normalized spacial score (nSPS) is 15.7. The number of nitrogen functional groups attached to an aromatic ring is 1. The van der Waals surface area contributed by atoms with Crippen LogP contribution in [0.4, 0.5) is 5.82 Å². The third-order valence-corrected chi connectivity index (χ3v) is 7.32. The molecule has 1 aliphatic heterocycles. The van der Waals surface area contributed by atoms with E-state index >= 15 is 0 Å². The topological polar surface area (TPSA) is 114 Å². The molecule has 2 aromatic heterocycles. The van der Waals surface area contributed by atoms with Crippen LogP contribution in [0, 0.1) is 13.8 Å². The summed E-state index contributed by atoms with van der Waals surface area (Å²) < 4.78 is 29.0. The molecule has 3 N–H and O–H groups in total. The average Bonchev–Trinajstić information content (AvgIpc) is 2.76. The number of benzene rings is 1. The molecule has 0 bridgehead atoms. The molecular weight excluding hydrogens is 424 g/mol. The van der Waals surface area contributed by atoms with Crippen LogP contribution in [0.25, 0.3) is 22.5 Å². The van der Waals surface area contributed by atoms with E-state index in [4.69, 9.17) is 10.7 Å². The molecular formula is C23H28N6O2S. The van der Waals surface area contributed by atoms with Crippen molar-refractivity contribution in [3.63, 3.8) is 0 Å². The smallest absolute Gasteiger partial charge is 0.240 e. The number of hydrogen-bond acceptors (Lipinski definition) is 7. The summed E-state index contributed by atoms with van der Waals surface area (Å²) in [4.78, 5) is 15.7. The lowest BCUT2D eigenvalue weighted by atomic mass is 10.1. The maximum Gasteiger partial charge on any atom is 0.240 e. The van der Waals surface area contributed by atoms with Crippen molar-refractivity contribution in [3.8, 4) is 22.5 Å². The third-order valence-electron chi connectivity index (χ3n) is 5.81. The predicted octanol–water partition coefficient (Wildman–Crippen LogP) is 2.78. The van der Waals surface area contributed by atoms with Crippen LogP contribution in [0.2, 0.25) is 0 Å². The number of likely N-dealkylation sites (tertiary alicyclic amines) is 1. The highest BCUT2D eigenvalue weighted by atomic mass is 32.2. The van der Waals surface area contributed by atoms with Crippen molar-refractivity contribution in [2.45, 2.75) is 37.6 Å². The Labute approximate surface area is 189 Å². The summed E-state index contributed by atoms with van der Waals surface area (Å²) in [5.41, 5.74) is 10.5. The van der Waals surface area contributed by atoms with Crippen LogP contribution in [0.1, 0.15) is 24.1 Å². The molecule has 0 amide bonds. The van der Waals surface area contributed by atoms with E-state index in [9.17, 15) is 8.42 Å². The summed E-state index contributed by atoms with van der Waals surface area (Å²) >= 11 is 0. The van der Waals surface area contributed by atoms with Crippen LogP contribution in [0.5, 0.6) is 0 Å². The van der Waals surface area contributed by atoms with Gasteiger partial charge in [-0.1, -0.05) is 6.07 Å². The first-order valence-electron chi connectivity index (χ1n) is 10.6. The number of sulfonamides is 1. The van der Waals surface area contributed by atoms with Gasteiger partial charge in [0.05, 0.1) is 16.8 Å². The molecule has 0 atom stereocenters. The summed E-state index contributed by atoms with van der Waals surface area (Å²) in [5, 5.41) is 0. The highest BCUT2D eigenvalue weighted by molar-refractivity contribution is 7.89. The van der Waals surface area contributed by atoms with Crippen molar-refractivity contribution < 1.29 is 8.42 Å². The average molecular weight is 453 g/mol. The first kappa shape index (κ1) is 22.3. The first-order chi connectivity index (χ1) is 15.2. The van der Waals surface area contributed by atoms with Crippen LogP contribution in [0.15, 0.2) is 47.6 Å². The second-order valence-corrected chi connectivity index (χ2v) is 10.1. The van der Waals surface area contributed by atoms with Gasteiger partial charge in [0.15, 0.2) is 0 Å². The number of rotatable bonds is 5. The molecule has 168 valence electrons. The molecule has 3 heterocycles. The highest BCUT2D eigenvalue weighted by Gasteiger charge is 2.24. The Hall–Kier alpha value is -2.88. The lowest BCUT2D eigenvalue weighted by molar-refractivity contribution is 0.248. The van der Waals surface area contributed by atoms with Gasteiger partial charge in [0.1, 0.15) is 11.5 Å². The van der Waals surface area contributed by atoms with E-state index in [1.54, 1.807) is 30.6 Å². The van der Waals surface area contributed by atoms with Crippen molar-refractivity contribution >= 4 is 15.8 Å². The van der Waals surface area contributed by atoms with Gasteiger partial charge >= 0.3 is 0 Å². The molecule has 0 radical (unpaired) electrons. The minimum absolute atomic E-state index is 0.0567. The van der Waals surface area contributed by atoms with Gasteiger partial charge in [-0.05, 0) is 76.7 Å². The number of aryl methyl sites for hydroxylation is 2. The zero-order valence-corrected chi connectivity index (χ0v) is 19.4. The maximum absolute atomic E-state index is 13.1. The molecule has 8 nitrogen and oxygen atoms in total. The molecule has 1 saturated heterocycles. The quantitative estimate of drug-likeness (QED) is 0.612. The number of nitrogens with two attached hydrogens (primary N) is 1. The van der Waals surface area contributed by atoms with E-state index in [-0.39, 0.29) is 10.9 Å². The van der Waals surface area contributed by atoms with Gasteiger partial charge in [-0.2, -0.15) is 0 Å². The molecule has 0 saturated carbocycles. The van der Waals surface area contributed by atoms with Crippen LogP contribution in [-0.2, 0) is 10.0 Å². The Morgan fingerprint density at radius 3 is 2.56 bits per heavy atom. The summed E-state index contributed by atoms with van der Waals surface area (Å²) in [6.45, 7) is 5.58. The largest absolute Gasteiger partial charge is 0.382 e. The summed E-state index contributed by atoms with van der Waals surface area (Å²) in [7, 11) is -1.60. The second-order valence-electron chi connectivity index (χ2n) is 8.35. The summed E-state index contributed by atoms with van der Waals surface area (Å²) in [6.07, 6.45) is 4.88. The van der Waals surface area contributed by atoms with Gasteiger partial charge in [-0.3, -0.25) is 4.98 Å². The van der Waals surface area contributed by atoms with Crippen LogP contribution in [-0.4, -0.2) is 54.4 Å². The van der Waals surface area contributed by atoms with Crippen molar-refractivity contribution in [1.29, 1.82) is 0 Å². The number of anilines is 1. The molecule has 4 rings (SSSR count). The Kier molecular flexibility index (Phi) is 6.23. The van der Waals surface area contributed by atoms with Gasteiger partial charge < -0.3 is 10.6 Å². The minimum atomic E-state index is -3.65. The molecule has 3 aromatic rings. The molecule has 0 aliphatic carbocycles. The highest BCUT2D eigenvalue weighted by Crippen LogP contribution is 2.29. The molecule has 32 heavy (non-hydrogen) atoms. The van der Waals surface area contributed by atoms with Crippen LogP contribution in [0.3, 0.4) is 0 Å². The standard InChI is InChI=1S/C23H28N6O2S/c1-15-4-5-19(32(30,31)28-18-7-10-29(3)11-8-18)13-20(15)21-14-26-23(24)22(27-21)17-6-9-25-16(2)12-17/h4-6,9,12-14,18,28H,7-8,10-11H2,1-3H3,(H2,24,26). The van der Waals surface area contributed by atoms with E-state index in [0.29, 0.717) is 22.8 Å². The number of nitrogens with zero attached hydrogens (tertiary/aromatic N) is 4. The number of hydrogen-bond donors (Lipinski definition) is 2. The third kappa shape index (κ3) is 4.79. The van der Waals surface area contributed by atoms with Crippen LogP contribution < -0.4 is 10.5 Å². The summed E-state index contributed by atoms with van der Waals surface area (Å²) in [5.74, 6) is 0.310. The van der Waals surface area contributed by atoms with Crippen LogP contribution >= 0.6 is 0 Å². The number of piperidine rings is 1. The molecule has 0 spiro atoms. The van der Waals surface area contributed by atoms with E-state index in [1.807, 2.05) is 33.0 Å². The summed E-state index contributed by atoms with van der Waals surface area (Å²) in [6, 6.07) is 8.76. The van der Waals surface area contributed by atoms with E-state index in [0.717, 1.165) is 42.8 Å². The molecule has 1 aliphatic rings. The fourth-order valence-electron chi connectivity index (χ4n) is 3.89. The number of pyridine rings is 1. The van der Waals surface area contributed by atoms with Crippen molar-refractivity contribution in [2.75, 3.05) is 25.9 Å². The fourth-order valence-corrected chi connectivity index (χ4v) is 5.22. The molecule has 9 heteroatoms. The van der Waals surface area contributed by atoms with Gasteiger partial charge in [0, 0.05) is 29.1 Å². The number of aromatic nitrogens is 3. The van der Waals surface area contributed by atoms with E-state index < -0.39 is 10.0 Å². The Bertz CT molecular complexity index is 1240. The zero-order valence-electron chi connectivity index (χ0n) is 18.5. The zero-order chi connectivity index (χ0) is 22.9. The van der Waals surface area contributed by atoms with E-state index in [2.05, 4.69) is 19.6 Å². The minimum Gasteiger partial charge on any atom is -0.382 e. The Morgan fingerprint density at radius 1 is 1.09 bits per heavy atom. The van der Waals surface area contributed by atoms with Crippen molar-refractivity contribution in [3.05, 3.63) is 54.0 Å². The van der Waals surface area contributed by atoms with Crippen molar-refractivity contribution in [2.24, 2.45) is 0 Å². The first-order valence-corrected chi connectivity index (χ1v) is 12.1. The lowest BCUT2D eigenvalue weighted by Gasteiger charge is -2.29. The van der Waals surface area contributed by atoms with Gasteiger partial charge in [0.25, 0.3) is 0 Å². The van der Waals surface area contributed by atoms with Gasteiger partial charge in [-0.15, -0.1) is 0 Å². The van der Waals surface area contributed by atoms with Gasteiger partial charge in [0.2, 0.25) is 10.0 Å². The molecule has 1 aromatic carbocycles.